The Labute approximate surface area is 144 Å². The predicted molar refractivity (Wildman–Crippen MR) is 90.3 cm³/mol. The van der Waals surface area contributed by atoms with Crippen molar-refractivity contribution in [1.29, 1.82) is 0 Å². The van der Waals surface area contributed by atoms with Crippen LogP contribution in [0, 0.1) is 0 Å². The van der Waals surface area contributed by atoms with Gasteiger partial charge in [-0.1, -0.05) is 30.8 Å². The minimum Gasteiger partial charge on any atom is -0.487 e. The number of carbonyl (C=O) groups is 1. The second-order valence-electron chi connectivity index (χ2n) is 5.91. The second-order valence-corrected chi connectivity index (χ2v) is 5.91. The SMILES string of the molecule is C=CC(=O)Oc1cc(OCC2CO2)c(OCC2CO2)c2ccccc12. The summed E-state index contributed by atoms with van der Waals surface area (Å²) in [7, 11) is 0. The molecule has 4 rings (SSSR count). The Kier molecular flexibility index (Phi) is 4.29. The fourth-order valence-corrected chi connectivity index (χ4v) is 2.47. The summed E-state index contributed by atoms with van der Waals surface area (Å²) < 4.78 is 27.6. The van der Waals surface area contributed by atoms with E-state index in [9.17, 15) is 4.79 Å². The van der Waals surface area contributed by atoms with E-state index >= 15 is 0 Å². The maximum atomic E-state index is 11.7. The third kappa shape index (κ3) is 3.75. The van der Waals surface area contributed by atoms with Crippen LogP contribution in [-0.4, -0.2) is 44.6 Å². The zero-order chi connectivity index (χ0) is 17.2. The molecule has 130 valence electrons. The standard InChI is InChI=1S/C19H18O6/c1-2-18(20)25-16-7-17(23-10-12-8-21-12)19(24-11-13-9-22-13)15-6-4-3-5-14(15)16/h2-7,12-13H,1,8-11H2. The lowest BCUT2D eigenvalue weighted by Crippen LogP contribution is -2.10. The first-order valence-corrected chi connectivity index (χ1v) is 8.13. The molecule has 2 fully saturated rings. The number of ether oxygens (including phenoxy) is 5. The highest BCUT2D eigenvalue weighted by Crippen LogP contribution is 2.42. The summed E-state index contributed by atoms with van der Waals surface area (Å²) in [5, 5.41) is 1.57. The topological polar surface area (TPSA) is 69.8 Å². The Hall–Kier alpha value is -2.57. The molecule has 0 aromatic heterocycles. The summed E-state index contributed by atoms with van der Waals surface area (Å²) in [4.78, 5) is 11.7. The van der Waals surface area contributed by atoms with Gasteiger partial charge in [-0.05, 0) is 0 Å². The van der Waals surface area contributed by atoms with Gasteiger partial charge in [0.05, 0.1) is 13.2 Å². The molecule has 0 aliphatic carbocycles. The highest BCUT2D eigenvalue weighted by Gasteiger charge is 2.27. The van der Waals surface area contributed by atoms with Crippen LogP contribution in [0.4, 0.5) is 0 Å². The van der Waals surface area contributed by atoms with Crippen LogP contribution >= 0.6 is 0 Å². The molecule has 6 nitrogen and oxygen atoms in total. The number of epoxide rings is 2. The molecule has 2 aliphatic rings. The fraction of sp³-hybridized carbons (Fsp3) is 0.316. The summed E-state index contributed by atoms with van der Waals surface area (Å²) in [5.74, 6) is 1.01. The van der Waals surface area contributed by atoms with Crippen molar-refractivity contribution < 1.29 is 28.5 Å². The number of fused-ring (bicyclic) bond motifs is 1. The van der Waals surface area contributed by atoms with Crippen LogP contribution in [-0.2, 0) is 14.3 Å². The van der Waals surface area contributed by atoms with Gasteiger partial charge in [-0.15, -0.1) is 0 Å². The number of esters is 1. The van der Waals surface area contributed by atoms with E-state index in [-0.39, 0.29) is 12.2 Å². The van der Waals surface area contributed by atoms with Crippen molar-refractivity contribution in [3.8, 4) is 17.2 Å². The van der Waals surface area contributed by atoms with Crippen LogP contribution in [0.5, 0.6) is 17.2 Å². The molecule has 2 heterocycles. The van der Waals surface area contributed by atoms with Crippen molar-refractivity contribution in [1.82, 2.24) is 0 Å². The largest absolute Gasteiger partial charge is 0.487 e. The molecule has 0 amide bonds. The minimum atomic E-state index is -0.526. The predicted octanol–water partition coefficient (Wildman–Crippen LogP) is 2.49. The van der Waals surface area contributed by atoms with E-state index in [1.165, 1.54) is 0 Å². The molecule has 0 N–H and O–H groups in total. The van der Waals surface area contributed by atoms with Gasteiger partial charge < -0.3 is 23.7 Å². The van der Waals surface area contributed by atoms with E-state index in [4.69, 9.17) is 23.7 Å². The third-order valence-corrected chi connectivity index (χ3v) is 3.94. The summed E-state index contributed by atoms with van der Waals surface area (Å²) in [6.07, 6.45) is 1.35. The average molecular weight is 342 g/mol. The van der Waals surface area contributed by atoms with Crippen molar-refractivity contribution in [3.05, 3.63) is 43.0 Å². The molecule has 2 atom stereocenters. The van der Waals surface area contributed by atoms with Crippen LogP contribution in [0.3, 0.4) is 0 Å². The molecule has 2 unspecified atom stereocenters. The minimum absolute atomic E-state index is 0.102. The zero-order valence-electron chi connectivity index (χ0n) is 13.6. The molecular weight excluding hydrogens is 324 g/mol. The first-order valence-electron chi connectivity index (χ1n) is 8.13. The molecule has 0 bridgehead atoms. The zero-order valence-corrected chi connectivity index (χ0v) is 13.6. The van der Waals surface area contributed by atoms with Crippen molar-refractivity contribution in [3.63, 3.8) is 0 Å². The molecule has 0 saturated carbocycles. The first-order chi connectivity index (χ1) is 12.2. The van der Waals surface area contributed by atoms with Crippen LogP contribution in [0.1, 0.15) is 0 Å². The first kappa shape index (κ1) is 15.9. The van der Waals surface area contributed by atoms with Gasteiger partial charge in [0.15, 0.2) is 11.5 Å². The van der Waals surface area contributed by atoms with Gasteiger partial charge in [0.25, 0.3) is 0 Å². The number of hydrogen-bond donors (Lipinski definition) is 0. The maximum absolute atomic E-state index is 11.7. The van der Waals surface area contributed by atoms with E-state index in [0.29, 0.717) is 43.7 Å². The Bertz CT molecular complexity index is 807. The monoisotopic (exact) mass is 342 g/mol. The van der Waals surface area contributed by atoms with Crippen LogP contribution in [0.2, 0.25) is 0 Å². The molecule has 2 aromatic rings. The highest BCUT2D eigenvalue weighted by molar-refractivity contribution is 5.97. The summed E-state index contributed by atoms with van der Waals surface area (Å²) in [5.41, 5.74) is 0. The lowest BCUT2D eigenvalue weighted by Gasteiger charge is -2.17. The highest BCUT2D eigenvalue weighted by atomic mass is 16.6. The van der Waals surface area contributed by atoms with Gasteiger partial charge in [0.2, 0.25) is 0 Å². The average Bonchev–Trinajstić information content (AvgIpc) is 3.53. The number of rotatable bonds is 8. The smallest absolute Gasteiger partial charge is 0.335 e. The van der Waals surface area contributed by atoms with Crippen LogP contribution in [0.25, 0.3) is 10.8 Å². The Morgan fingerprint density at radius 3 is 2.36 bits per heavy atom. The van der Waals surface area contributed by atoms with E-state index < -0.39 is 5.97 Å². The van der Waals surface area contributed by atoms with Crippen LogP contribution < -0.4 is 14.2 Å². The van der Waals surface area contributed by atoms with Crippen LogP contribution in [0.15, 0.2) is 43.0 Å². The van der Waals surface area contributed by atoms with E-state index in [2.05, 4.69) is 6.58 Å². The van der Waals surface area contributed by atoms with Gasteiger partial charge in [-0.3, -0.25) is 0 Å². The Morgan fingerprint density at radius 1 is 1.08 bits per heavy atom. The molecule has 0 spiro atoms. The molecular formula is C19H18O6. The molecule has 25 heavy (non-hydrogen) atoms. The van der Waals surface area contributed by atoms with Gasteiger partial charge in [-0.2, -0.15) is 0 Å². The summed E-state index contributed by atoms with van der Waals surface area (Å²) >= 11 is 0. The Morgan fingerprint density at radius 2 is 1.72 bits per heavy atom. The third-order valence-electron chi connectivity index (χ3n) is 3.94. The number of benzene rings is 2. The summed E-state index contributed by atoms with van der Waals surface area (Å²) in [6, 6.07) is 9.23. The quantitative estimate of drug-likeness (QED) is 0.318. The van der Waals surface area contributed by atoms with E-state index in [1.54, 1.807) is 6.07 Å². The molecule has 2 aliphatic heterocycles. The van der Waals surface area contributed by atoms with E-state index in [0.717, 1.165) is 16.8 Å². The van der Waals surface area contributed by atoms with Gasteiger partial charge >= 0.3 is 5.97 Å². The van der Waals surface area contributed by atoms with Gasteiger partial charge in [0.1, 0.15) is 31.2 Å². The maximum Gasteiger partial charge on any atom is 0.335 e. The molecule has 2 saturated heterocycles. The lowest BCUT2D eigenvalue weighted by atomic mass is 10.1. The van der Waals surface area contributed by atoms with Crippen molar-refractivity contribution in [2.75, 3.05) is 26.4 Å². The van der Waals surface area contributed by atoms with Crippen molar-refractivity contribution in [2.24, 2.45) is 0 Å². The van der Waals surface area contributed by atoms with Gasteiger partial charge in [-0.25, -0.2) is 4.79 Å². The van der Waals surface area contributed by atoms with E-state index in [1.807, 2.05) is 24.3 Å². The summed E-state index contributed by atoms with van der Waals surface area (Å²) in [6.45, 7) is 5.71. The number of hydrogen-bond acceptors (Lipinski definition) is 6. The number of carbonyl (C=O) groups excluding carboxylic acids is 1. The molecule has 6 heteroatoms. The normalized spacial score (nSPS) is 20.8. The molecule has 0 radical (unpaired) electrons. The molecule has 2 aromatic carbocycles. The lowest BCUT2D eigenvalue weighted by molar-refractivity contribution is -0.128. The van der Waals surface area contributed by atoms with Gasteiger partial charge in [0, 0.05) is 22.9 Å². The van der Waals surface area contributed by atoms with Crippen molar-refractivity contribution >= 4 is 16.7 Å². The Balaban J connectivity index is 1.73. The fourth-order valence-electron chi connectivity index (χ4n) is 2.47. The van der Waals surface area contributed by atoms with Crippen molar-refractivity contribution in [2.45, 2.75) is 12.2 Å². The second kappa shape index (κ2) is 6.74.